The van der Waals surface area contributed by atoms with Crippen LogP contribution in [0.15, 0.2) is 54.7 Å². The lowest BCUT2D eigenvalue weighted by molar-refractivity contribution is -0.137. The number of ether oxygens (including phenoxy) is 1. The maximum absolute atomic E-state index is 13.2. The molecule has 8 heteroatoms. The molecule has 1 amide bonds. The van der Waals surface area contributed by atoms with Gasteiger partial charge in [0.2, 0.25) is 5.91 Å². The second-order valence-electron chi connectivity index (χ2n) is 7.02. The molecule has 1 fully saturated rings. The number of hydrogen-bond acceptors (Lipinski definition) is 4. The van der Waals surface area contributed by atoms with Crippen LogP contribution in [-0.2, 0) is 11.0 Å². The van der Waals surface area contributed by atoms with E-state index in [0.717, 1.165) is 25.0 Å². The fourth-order valence-corrected chi connectivity index (χ4v) is 3.03. The maximum atomic E-state index is 13.2. The number of anilines is 1. The lowest BCUT2D eigenvalue weighted by atomic mass is 10.0. The van der Waals surface area contributed by atoms with Crippen LogP contribution in [0.5, 0.6) is 5.75 Å². The van der Waals surface area contributed by atoms with Gasteiger partial charge in [0.15, 0.2) is 5.82 Å². The van der Waals surface area contributed by atoms with E-state index in [0.29, 0.717) is 17.0 Å². The smallest absolute Gasteiger partial charge is 0.416 e. The molecule has 0 saturated heterocycles. The van der Waals surface area contributed by atoms with Crippen molar-refractivity contribution in [3.05, 3.63) is 60.3 Å². The normalized spacial score (nSPS) is 13.7. The minimum Gasteiger partial charge on any atom is -0.497 e. The largest absolute Gasteiger partial charge is 0.497 e. The number of amides is 1. The first kappa shape index (κ1) is 19.9. The van der Waals surface area contributed by atoms with Crippen LogP contribution in [0.3, 0.4) is 0 Å². The Hall–Kier alpha value is -3.42. The summed E-state index contributed by atoms with van der Waals surface area (Å²) in [5, 5.41) is 2.73. The second kappa shape index (κ2) is 7.78. The van der Waals surface area contributed by atoms with E-state index in [-0.39, 0.29) is 28.9 Å². The predicted molar refractivity (Wildman–Crippen MR) is 106 cm³/mol. The van der Waals surface area contributed by atoms with Crippen molar-refractivity contribution in [2.75, 3.05) is 12.4 Å². The highest BCUT2D eigenvalue weighted by Crippen LogP contribution is 2.36. The van der Waals surface area contributed by atoms with E-state index >= 15 is 0 Å². The van der Waals surface area contributed by atoms with Gasteiger partial charge in [0.05, 0.1) is 30.3 Å². The molecule has 1 heterocycles. The molecule has 0 spiro atoms. The Balaban J connectivity index is 1.79. The van der Waals surface area contributed by atoms with Crippen LogP contribution in [0.1, 0.15) is 18.4 Å². The molecule has 154 valence electrons. The number of hydrogen-bond donors (Lipinski definition) is 1. The van der Waals surface area contributed by atoms with E-state index in [4.69, 9.17) is 4.74 Å². The van der Waals surface area contributed by atoms with Gasteiger partial charge in [-0.2, -0.15) is 13.2 Å². The van der Waals surface area contributed by atoms with Gasteiger partial charge >= 0.3 is 6.18 Å². The second-order valence-corrected chi connectivity index (χ2v) is 7.02. The summed E-state index contributed by atoms with van der Waals surface area (Å²) < 4.78 is 44.7. The van der Waals surface area contributed by atoms with Crippen molar-refractivity contribution in [2.45, 2.75) is 19.0 Å². The van der Waals surface area contributed by atoms with Crippen molar-refractivity contribution < 1.29 is 22.7 Å². The van der Waals surface area contributed by atoms with Gasteiger partial charge in [0.25, 0.3) is 0 Å². The minimum absolute atomic E-state index is 0.0145. The van der Waals surface area contributed by atoms with Gasteiger partial charge in [-0.05, 0) is 49.2 Å². The van der Waals surface area contributed by atoms with Crippen LogP contribution in [0, 0.1) is 5.92 Å². The number of carbonyl (C=O) groups is 1. The number of nitrogens with zero attached hydrogens (tertiary/aromatic N) is 2. The standard InChI is InChI=1S/C22H18F3N3O2/c1-30-17-9-7-13(8-10-17)20-19(15-3-2-4-16(11-15)22(23,24)25)26-12-18(27-20)28-21(29)14-5-6-14/h2-4,7-12,14H,5-6H2,1H3,(H,27,28,29). The Labute approximate surface area is 170 Å². The van der Waals surface area contributed by atoms with Crippen LogP contribution in [0.4, 0.5) is 19.0 Å². The topological polar surface area (TPSA) is 64.1 Å². The fourth-order valence-electron chi connectivity index (χ4n) is 3.03. The van der Waals surface area contributed by atoms with Crippen LogP contribution >= 0.6 is 0 Å². The van der Waals surface area contributed by atoms with Gasteiger partial charge in [0, 0.05) is 17.0 Å². The first-order chi connectivity index (χ1) is 14.3. The zero-order chi connectivity index (χ0) is 21.3. The zero-order valence-electron chi connectivity index (χ0n) is 16.0. The number of carbonyl (C=O) groups excluding carboxylic acids is 1. The van der Waals surface area contributed by atoms with Crippen molar-refractivity contribution in [3.63, 3.8) is 0 Å². The van der Waals surface area contributed by atoms with Crippen LogP contribution in [0.2, 0.25) is 0 Å². The zero-order valence-corrected chi connectivity index (χ0v) is 16.0. The summed E-state index contributed by atoms with van der Waals surface area (Å²) in [6.07, 6.45) is -1.43. The van der Waals surface area contributed by atoms with Crippen LogP contribution in [-0.4, -0.2) is 23.0 Å². The molecule has 1 aromatic heterocycles. The molecule has 0 bridgehead atoms. The Morgan fingerprint density at radius 3 is 2.43 bits per heavy atom. The summed E-state index contributed by atoms with van der Waals surface area (Å²) in [5.74, 6) is 0.746. The minimum atomic E-state index is -4.47. The lowest BCUT2D eigenvalue weighted by Gasteiger charge is -2.13. The number of alkyl halides is 3. The van der Waals surface area contributed by atoms with Crippen molar-refractivity contribution >= 4 is 11.7 Å². The van der Waals surface area contributed by atoms with Crippen LogP contribution in [0.25, 0.3) is 22.5 Å². The molecule has 1 N–H and O–H groups in total. The first-order valence-electron chi connectivity index (χ1n) is 9.35. The third-order valence-electron chi connectivity index (χ3n) is 4.80. The summed E-state index contributed by atoms with van der Waals surface area (Å²) in [6, 6.07) is 11.9. The van der Waals surface area contributed by atoms with E-state index in [1.54, 1.807) is 30.3 Å². The van der Waals surface area contributed by atoms with Crippen molar-refractivity contribution in [2.24, 2.45) is 5.92 Å². The van der Waals surface area contributed by atoms with E-state index in [1.807, 2.05) is 0 Å². The molecule has 0 radical (unpaired) electrons. The Bertz CT molecular complexity index is 1080. The third kappa shape index (κ3) is 4.27. The van der Waals surface area contributed by atoms with Crippen molar-refractivity contribution in [1.82, 2.24) is 9.97 Å². The van der Waals surface area contributed by atoms with E-state index < -0.39 is 11.7 Å². The third-order valence-corrected chi connectivity index (χ3v) is 4.80. The summed E-state index contributed by atoms with van der Waals surface area (Å²) in [7, 11) is 1.54. The molecule has 2 aromatic carbocycles. The number of aromatic nitrogens is 2. The SMILES string of the molecule is COc1ccc(-c2nc(NC(=O)C3CC3)cnc2-c2cccc(C(F)(F)F)c2)cc1. The van der Waals surface area contributed by atoms with Gasteiger partial charge in [-0.25, -0.2) is 4.98 Å². The molecule has 4 rings (SSSR count). The van der Waals surface area contributed by atoms with E-state index in [1.165, 1.54) is 19.4 Å². The van der Waals surface area contributed by atoms with Gasteiger partial charge in [-0.1, -0.05) is 12.1 Å². The molecular weight excluding hydrogens is 395 g/mol. The molecule has 0 aliphatic heterocycles. The number of benzene rings is 2. The van der Waals surface area contributed by atoms with Gasteiger partial charge in [-0.15, -0.1) is 0 Å². The molecule has 1 aliphatic carbocycles. The average Bonchev–Trinajstić information content (AvgIpc) is 3.59. The Morgan fingerprint density at radius 2 is 1.80 bits per heavy atom. The molecule has 1 aliphatic rings. The number of methoxy groups -OCH3 is 1. The molecule has 1 saturated carbocycles. The van der Waals surface area contributed by atoms with E-state index in [9.17, 15) is 18.0 Å². The Morgan fingerprint density at radius 1 is 1.07 bits per heavy atom. The average molecular weight is 413 g/mol. The quantitative estimate of drug-likeness (QED) is 0.626. The molecule has 0 unspecified atom stereocenters. The monoisotopic (exact) mass is 413 g/mol. The van der Waals surface area contributed by atoms with Gasteiger partial charge < -0.3 is 10.1 Å². The molecule has 5 nitrogen and oxygen atoms in total. The highest BCUT2D eigenvalue weighted by molar-refractivity contribution is 5.93. The van der Waals surface area contributed by atoms with Gasteiger partial charge in [-0.3, -0.25) is 9.78 Å². The number of halogens is 3. The lowest BCUT2D eigenvalue weighted by Crippen LogP contribution is -2.15. The summed E-state index contributed by atoms with van der Waals surface area (Å²) in [5.41, 5.74) is 0.802. The number of nitrogens with one attached hydrogen (secondary N) is 1. The highest BCUT2D eigenvalue weighted by atomic mass is 19.4. The van der Waals surface area contributed by atoms with Crippen molar-refractivity contribution in [1.29, 1.82) is 0 Å². The summed E-state index contributed by atoms with van der Waals surface area (Å²) in [4.78, 5) is 20.9. The molecular formula is C22H18F3N3O2. The number of rotatable bonds is 5. The van der Waals surface area contributed by atoms with E-state index in [2.05, 4.69) is 15.3 Å². The van der Waals surface area contributed by atoms with Gasteiger partial charge in [0.1, 0.15) is 5.75 Å². The molecule has 0 atom stereocenters. The van der Waals surface area contributed by atoms with Crippen LogP contribution < -0.4 is 10.1 Å². The predicted octanol–water partition coefficient (Wildman–Crippen LogP) is 5.19. The summed E-state index contributed by atoms with van der Waals surface area (Å²) in [6.45, 7) is 0. The fraction of sp³-hybridized carbons (Fsp3) is 0.227. The Kier molecular flexibility index (Phi) is 5.15. The maximum Gasteiger partial charge on any atom is 0.416 e. The molecule has 30 heavy (non-hydrogen) atoms. The van der Waals surface area contributed by atoms with Crippen molar-refractivity contribution in [3.8, 4) is 28.3 Å². The summed E-state index contributed by atoms with van der Waals surface area (Å²) >= 11 is 0. The highest BCUT2D eigenvalue weighted by Gasteiger charge is 2.31. The first-order valence-corrected chi connectivity index (χ1v) is 9.35. The molecule has 3 aromatic rings.